The minimum atomic E-state index is 0.139. The lowest BCUT2D eigenvalue weighted by Gasteiger charge is -2.30. The fourth-order valence-electron chi connectivity index (χ4n) is 4.90. The van der Waals surface area contributed by atoms with Crippen molar-refractivity contribution in [2.45, 2.75) is 101 Å². The highest BCUT2D eigenvalue weighted by Gasteiger charge is 2.40. The van der Waals surface area contributed by atoms with Gasteiger partial charge in [-0.15, -0.1) is 11.8 Å². The maximum Gasteiger partial charge on any atom is 0.260 e. The summed E-state index contributed by atoms with van der Waals surface area (Å²) >= 11 is 2.23. The molecular weight excluding hydrogens is 390 g/mol. The van der Waals surface area contributed by atoms with Crippen LogP contribution in [0.1, 0.15) is 89.5 Å². The minimum Gasteiger partial charge on any atom is -0.484 e. The van der Waals surface area contributed by atoms with Crippen LogP contribution in [0.4, 0.5) is 0 Å². The fourth-order valence-corrected chi connectivity index (χ4v) is 6.86. The molecule has 1 saturated carbocycles. The number of hydrogen-bond acceptors (Lipinski definition) is 3. The molecule has 30 heavy (non-hydrogen) atoms. The summed E-state index contributed by atoms with van der Waals surface area (Å²) < 4.78 is 6.30. The number of nitrogens with zero attached hydrogens (tertiary/aromatic N) is 1. The normalized spacial score (nSPS) is 21.6. The third-order valence-corrected chi connectivity index (χ3v) is 8.63. The van der Waals surface area contributed by atoms with Gasteiger partial charge in [-0.1, -0.05) is 69.6 Å². The molecule has 1 spiro atoms. The summed E-state index contributed by atoms with van der Waals surface area (Å²) in [5.74, 6) is 0.921. The van der Waals surface area contributed by atoms with Crippen molar-refractivity contribution < 1.29 is 9.53 Å². The number of carbonyl (C=O) groups is 1. The predicted molar refractivity (Wildman–Crippen MR) is 128 cm³/mol. The molecule has 0 radical (unpaired) electrons. The van der Waals surface area contributed by atoms with Gasteiger partial charge < -0.3 is 9.64 Å². The van der Waals surface area contributed by atoms with Crippen molar-refractivity contribution in [1.82, 2.24) is 4.90 Å². The number of benzene rings is 1. The van der Waals surface area contributed by atoms with Crippen LogP contribution in [0.5, 0.6) is 5.75 Å². The SMILES string of the molecule is CCCCN(CC1CCC2(CCCCCCCC2)S1)C(=O)COc1ccc(C)cc1. The average molecular weight is 432 g/mol. The molecule has 2 fully saturated rings. The summed E-state index contributed by atoms with van der Waals surface area (Å²) in [6.45, 7) is 6.15. The first-order chi connectivity index (χ1) is 14.6. The zero-order valence-electron chi connectivity index (χ0n) is 19.2. The van der Waals surface area contributed by atoms with Gasteiger partial charge in [-0.05, 0) is 51.2 Å². The maximum atomic E-state index is 13.0. The summed E-state index contributed by atoms with van der Waals surface area (Å²) in [7, 11) is 0. The van der Waals surface area contributed by atoms with Crippen molar-refractivity contribution >= 4 is 17.7 Å². The Labute approximate surface area is 188 Å². The molecule has 1 saturated heterocycles. The number of amides is 1. The van der Waals surface area contributed by atoms with Crippen LogP contribution in [-0.2, 0) is 4.79 Å². The number of unbranched alkanes of at least 4 members (excludes halogenated alkanes) is 1. The van der Waals surface area contributed by atoms with Crippen LogP contribution < -0.4 is 4.74 Å². The molecule has 1 aromatic carbocycles. The second kappa shape index (κ2) is 12.0. The van der Waals surface area contributed by atoms with Gasteiger partial charge in [-0.3, -0.25) is 4.79 Å². The van der Waals surface area contributed by atoms with Crippen molar-refractivity contribution in [1.29, 1.82) is 0 Å². The molecule has 0 aromatic heterocycles. The van der Waals surface area contributed by atoms with Gasteiger partial charge in [0.15, 0.2) is 6.61 Å². The van der Waals surface area contributed by atoms with E-state index in [0.717, 1.165) is 31.7 Å². The Balaban J connectivity index is 1.54. The van der Waals surface area contributed by atoms with Gasteiger partial charge in [0.1, 0.15) is 5.75 Å². The Morgan fingerprint density at radius 2 is 1.73 bits per heavy atom. The summed E-state index contributed by atoms with van der Waals surface area (Å²) in [6.07, 6.45) is 16.0. The number of carbonyl (C=O) groups excluding carboxylic acids is 1. The largest absolute Gasteiger partial charge is 0.484 e. The van der Waals surface area contributed by atoms with E-state index in [-0.39, 0.29) is 12.5 Å². The molecule has 4 heteroatoms. The number of thioether (sulfide) groups is 1. The average Bonchev–Trinajstić information content (AvgIpc) is 3.19. The molecule has 2 aliphatic rings. The van der Waals surface area contributed by atoms with Crippen LogP contribution in [0, 0.1) is 6.92 Å². The monoisotopic (exact) mass is 431 g/mol. The van der Waals surface area contributed by atoms with Crippen molar-refractivity contribution in [3.63, 3.8) is 0 Å². The summed E-state index contributed by atoms with van der Waals surface area (Å²) in [4.78, 5) is 15.1. The van der Waals surface area contributed by atoms with Gasteiger partial charge in [0, 0.05) is 23.1 Å². The molecule has 0 N–H and O–H groups in total. The molecule has 3 rings (SSSR count). The van der Waals surface area contributed by atoms with Crippen LogP contribution >= 0.6 is 11.8 Å². The highest BCUT2D eigenvalue weighted by atomic mass is 32.2. The van der Waals surface area contributed by atoms with Crippen molar-refractivity contribution in [3.8, 4) is 5.75 Å². The summed E-state index contributed by atoms with van der Waals surface area (Å²) in [5.41, 5.74) is 1.20. The molecule has 1 atom stereocenters. The van der Waals surface area contributed by atoms with E-state index in [4.69, 9.17) is 4.74 Å². The second-order valence-electron chi connectivity index (χ2n) is 9.38. The fraction of sp³-hybridized carbons (Fsp3) is 0.731. The Hall–Kier alpha value is -1.16. The zero-order valence-corrected chi connectivity index (χ0v) is 20.0. The van der Waals surface area contributed by atoms with Crippen molar-refractivity contribution in [2.24, 2.45) is 0 Å². The van der Waals surface area contributed by atoms with Gasteiger partial charge in [0.25, 0.3) is 5.91 Å². The van der Waals surface area contributed by atoms with Crippen molar-refractivity contribution in [2.75, 3.05) is 19.7 Å². The molecule has 1 amide bonds. The first-order valence-corrected chi connectivity index (χ1v) is 13.1. The van der Waals surface area contributed by atoms with E-state index >= 15 is 0 Å². The van der Waals surface area contributed by atoms with Gasteiger partial charge in [0.2, 0.25) is 0 Å². The third-order valence-electron chi connectivity index (χ3n) is 6.79. The molecule has 1 aromatic rings. The number of aryl methyl sites for hydroxylation is 1. The van der Waals surface area contributed by atoms with E-state index in [2.05, 4.69) is 30.5 Å². The van der Waals surface area contributed by atoms with E-state index in [9.17, 15) is 4.79 Å². The Kier molecular flexibility index (Phi) is 9.42. The maximum absolute atomic E-state index is 13.0. The van der Waals surface area contributed by atoms with Gasteiger partial charge in [-0.2, -0.15) is 0 Å². The minimum absolute atomic E-state index is 0.139. The molecule has 3 nitrogen and oxygen atoms in total. The predicted octanol–water partition coefficient (Wildman–Crippen LogP) is 6.77. The molecule has 1 heterocycles. The van der Waals surface area contributed by atoms with Crippen LogP contribution in [0.25, 0.3) is 0 Å². The lowest BCUT2D eigenvalue weighted by molar-refractivity contribution is -0.133. The quantitative estimate of drug-likeness (QED) is 0.455. The number of hydrogen-bond donors (Lipinski definition) is 0. The molecule has 1 aliphatic heterocycles. The van der Waals surface area contributed by atoms with E-state index in [0.29, 0.717) is 10.00 Å². The summed E-state index contributed by atoms with van der Waals surface area (Å²) in [5, 5.41) is 0.589. The van der Waals surface area contributed by atoms with Crippen LogP contribution in [0.3, 0.4) is 0 Å². The summed E-state index contributed by atoms with van der Waals surface area (Å²) in [6, 6.07) is 7.96. The van der Waals surface area contributed by atoms with E-state index < -0.39 is 0 Å². The first kappa shape index (κ1) is 23.5. The molecule has 1 unspecified atom stereocenters. The smallest absolute Gasteiger partial charge is 0.260 e. The van der Waals surface area contributed by atoms with Crippen LogP contribution in [-0.4, -0.2) is 40.5 Å². The van der Waals surface area contributed by atoms with E-state index in [1.807, 2.05) is 24.3 Å². The highest BCUT2D eigenvalue weighted by molar-refractivity contribution is 8.01. The zero-order chi connectivity index (χ0) is 21.2. The molecule has 1 aliphatic carbocycles. The number of rotatable bonds is 8. The number of ether oxygens (including phenoxy) is 1. The Morgan fingerprint density at radius 3 is 2.40 bits per heavy atom. The molecule has 0 bridgehead atoms. The molecule has 168 valence electrons. The lowest BCUT2D eigenvalue weighted by Crippen LogP contribution is -2.39. The lowest BCUT2D eigenvalue weighted by atomic mass is 9.91. The highest BCUT2D eigenvalue weighted by Crippen LogP contribution is 2.50. The second-order valence-corrected chi connectivity index (χ2v) is 11.1. The van der Waals surface area contributed by atoms with E-state index in [1.165, 1.54) is 69.8 Å². The third kappa shape index (κ3) is 7.21. The van der Waals surface area contributed by atoms with Crippen molar-refractivity contribution in [3.05, 3.63) is 29.8 Å². The van der Waals surface area contributed by atoms with Gasteiger partial charge in [0.05, 0.1) is 0 Å². The topological polar surface area (TPSA) is 29.5 Å². The standard InChI is InChI=1S/C26H41NO2S/c1-3-4-19-27(25(28)21-29-23-13-11-22(2)12-14-23)20-24-15-18-26(30-24)16-9-7-5-6-8-10-17-26/h11-14,24H,3-10,15-21H2,1-2H3. The van der Waals surface area contributed by atoms with Gasteiger partial charge in [-0.25, -0.2) is 0 Å². The molecular formula is C26H41NO2S. The van der Waals surface area contributed by atoms with Gasteiger partial charge >= 0.3 is 0 Å². The first-order valence-electron chi connectivity index (χ1n) is 12.3. The Bertz CT molecular complexity index is 635. The van der Waals surface area contributed by atoms with E-state index in [1.54, 1.807) is 0 Å². The Morgan fingerprint density at radius 1 is 1.07 bits per heavy atom. The van der Waals surface area contributed by atoms with Crippen LogP contribution in [0.2, 0.25) is 0 Å². The van der Waals surface area contributed by atoms with Crippen LogP contribution in [0.15, 0.2) is 24.3 Å².